The van der Waals surface area contributed by atoms with Gasteiger partial charge in [-0.1, -0.05) is 24.3 Å². The minimum absolute atomic E-state index is 0.0664. The molecule has 1 N–H and O–H groups in total. The van der Waals surface area contributed by atoms with Crippen molar-refractivity contribution in [3.63, 3.8) is 0 Å². The van der Waals surface area contributed by atoms with Crippen molar-refractivity contribution < 1.29 is 13.9 Å². The van der Waals surface area contributed by atoms with Crippen molar-refractivity contribution in [2.45, 2.75) is 13.5 Å². The molecule has 0 atom stereocenters. The molecule has 1 aliphatic rings. The van der Waals surface area contributed by atoms with Crippen molar-refractivity contribution in [2.24, 2.45) is 0 Å². The first-order valence-corrected chi connectivity index (χ1v) is 9.42. The molecule has 0 bridgehead atoms. The number of hydrogen-bond acceptors (Lipinski definition) is 4. The van der Waals surface area contributed by atoms with Gasteiger partial charge in [0.1, 0.15) is 5.69 Å². The average molecular weight is 367 g/mol. The second-order valence-corrected chi connectivity index (χ2v) is 6.93. The van der Waals surface area contributed by atoms with Crippen LogP contribution in [0.1, 0.15) is 21.6 Å². The van der Waals surface area contributed by atoms with E-state index in [0.29, 0.717) is 18.8 Å². The minimum Gasteiger partial charge on any atom is -0.448 e. The third kappa shape index (κ3) is 3.91. The van der Waals surface area contributed by atoms with E-state index in [9.17, 15) is 4.79 Å². The van der Waals surface area contributed by atoms with Gasteiger partial charge in [-0.05, 0) is 30.2 Å². The van der Waals surface area contributed by atoms with Crippen LogP contribution in [0.2, 0.25) is 0 Å². The molecule has 2 aromatic heterocycles. The van der Waals surface area contributed by atoms with Crippen LogP contribution in [0.25, 0.3) is 11.1 Å². The van der Waals surface area contributed by atoms with E-state index in [1.54, 1.807) is 6.26 Å². The molecule has 6 nitrogen and oxygen atoms in total. The van der Waals surface area contributed by atoms with E-state index in [1.165, 1.54) is 11.1 Å². The van der Waals surface area contributed by atoms with Gasteiger partial charge in [-0.25, -0.2) is 0 Å². The summed E-state index contributed by atoms with van der Waals surface area (Å²) >= 11 is 0. The number of carbonyl (C=O) groups excluding carboxylic acids is 1. The summed E-state index contributed by atoms with van der Waals surface area (Å²) < 4.78 is 13.0. The summed E-state index contributed by atoms with van der Waals surface area (Å²) in [5.41, 5.74) is 3.74. The maximum Gasteiger partial charge on any atom is 0.268 e. The van der Waals surface area contributed by atoms with Crippen LogP contribution in [-0.4, -0.2) is 54.8 Å². The molecule has 6 heteroatoms. The van der Waals surface area contributed by atoms with Crippen LogP contribution in [0.3, 0.4) is 0 Å². The molecule has 0 radical (unpaired) electrons. The lowest BCUT2D eigenvalue weighted by Gasteiger charge is -2.26. The Bertz CT molecular complexity index is 922. The summed E-state index contributed by atoms with van der Waals surface area (Å²) in [6.07, 6.45) is 1.67. The Morgan fingerprint density at radius 1 is 1.19 bits per heavy atom. The number of furan rings is 1. The van der Waals surface area contributed by atoms with Crippen molar-refractivity contribution in [1.82, 2.24) is 14.8 Å². The van der Waals surface area contributed by atoms with E-state index >= 15 is 0 Å². The van der Waals surface area contributed by atoms with Crippen LogP contribution in [0.15, 0.2) is 47.1 Å². The summed E-state index contributed by atoms with van der Waals surface area (Å²) in [5.74, 6) is -0.0664. The first kappa shape index (κ1) is 17.8. The Balaban J connectivity index is 1.49. The molecule has 0 spiro atoms. The number of amides is 1. The summed E-state index contributed by atoms with van der Waals surface area (Å²) in [6, 6.07) is 12.0. The Hall–Kier alpha value is -2.57. The van der Waals surface area contributed by atoms with Gasteiger partial charge in [-0.15, -0.1) is 0 Å². The van der Waals surface area contributed by atoms with Crippen molar-refractivity contribution in [3.05, 3.63) is 59.5 Å². The lowest BCUT2D eigenvalue weighted by molar-refractivity contribution is 0.0383. The first-order valence-electron chi connectivity index (χ1n) is 9.42. The van der Waals surface area contributed by atoms with Crippen LogP contribution < -0.4 is 5.32 Å². The third-order valence-electron chi connectivity index (χ3n) is 5.14. The molecular formula is C21H25N3O3. The van der Waals surface area contributed by atoms with Crippen molar-refractivity contribution in [1.29, 1.82) is 0 Å². The number of nitrogens with zero attached hydrogens (tertiary/aromatic N) is 2. The Kier molecular flexibility index (Phi) is 5.27. The number of nitrogens with one attached hydrogen (secondary N) is 1. The van der Waals surface area contributed by atoms with Gasteiger partial charge in [0.2, 0.25) is 5.71 Å². The molecule has 0 aliphatic carbocycles. The summed E-state index contributed by atoms with van der Waals surface area (Å²) in [7, 11) is 0. The second kappa shape index (κ2) is 7.98. The molecule has 3 heterocycles. The highest BCUT2D eigenvalue weighted by atomic mass is 16.5. The number of hydrogen-bond donors (Lipinski definition) is 1. The van der Waals surface area contributed by atoms with Gasteiger partial charge in [0, 0.05) is 31.6 Å². The Morgan fingerprint density at radius 3 is 2.81 bits per heavy atom. The van der Waals surface area contributed by atoms with Crippen molar-refractivity contribution >= 4 is 17.0 Å². The van der Waals surface area contributed by atoms with Crippen molar-refractivity contribution in [2.75, 3.05) is 39.4 Å². The number of morpholine rings is 1. The maximum atomic E-state index is 12.8. The van der Waals surface area contributed by atoms with E-state index in [0.717, 1.165) is 43.9 Å². The normalized spacial score (nSPS) is 15.3. The first-order chi connectivity index (χ1) is 13.2. The fraction of sp³-hybridized carbons (Fsp3) is 0.381. The molecular weight excluding hydrogens is 342 g/mol. The lowest BCUT2D eigenvalue weighted by atomic mass is 10.1. The minimum atomic E-state index is -0.0664. The molecule has 0 saturated carbocycles. The van der Waals surface area contributed by atoms with Gasteiger partial charge in [-0.2, -0.15) is 0 Å². The van der Waals surface area contributed by atoms with E-state index in [1.807, 2.05) is 28.8 Å². The van der Waals surface area contributed by atoms with E-state index in [-0.39, 0.29) is 5.91 Å². The maximum absolute atomic E-state index is 12.8. The molecule has 142 valence electrons. The molecule has 1 aromatic carbocycles. The zero-order valence-corrected chi connectivity index (χ0v) is 15.6. The van der Waals surface area contributed by atoms with Crippen LogP contribution >= 0.6 is 0 Å². The van der Waals surface area contributed by atoms with Gasteiger partial charge in [0.25, 0.3) is 5.91 Å². The van der Waals surface area contributed by atoms with Gasteiger partial charge in [0.15, 0.2) is 0 Å². The standard InChI is InChI=1S/C21H25N3O3/c1-16-4-2-3-5-18(16)15-24-19(14-17-6-11-27-21(17)24)20(25)22-7-8-23-9-12-26-13-10-23/h2-6,11,14H,7-10,12-13,15H2,1H3,(H,22,25). The lowest BCUT2D eigenvalue weighted by Crippen LogP contribution is -2.41. The second-order valence-electron chi connectivity index (χ2n) is 6.93. The van der Waals surface area contributed by atoms with E-state index < -0.39 is 0 Å². The van der Waals surface area contributed by atoms with Crippen LogP contribution in [0, 0.1) is 6.92 Å². The highest BCUT2D eigenvalue weighted by molar-refractivity contribution is 5.97. The van der Waals surface area contributed by atoms with Crippen LogP contribution in [0.5, 0.6) is 0 Å². The molecule has 0 unspecified atom stereocenters. The third-order valence-corrected chi connectivity index (χ3v) is 5.14. The number of benzene rings is 1. The van der Waals surface area contributed by atoms with Gasteiger partial charge < -0.3 is 19.0 Å². The highest BCUT2D eigenvalue weighted by Crippen LogP contribution is 2.23. The number of aromatic nitrogens is 1. The largest absolute Gasteiger partial charge is 0.448 e. The molecule has 3 aromatic rings. The molecule has 27 heavy (non-hydrogen) atoms. The fourth-order valence-electron chi connectivity index (χ4n) is 3.52. The SMILES string of the molecule is Cc1ccccc1Cn1c(C(=O)NCCN2CCOCC2)cc2ccoc21. The average Bonchev–Trinajstić information content (AvgIpc) is 3.27. The quantitative estimate of drug-likeness (QED) is 0.728. The van der Waals surface area contributed by atoms with Gasteiger partial charge >= 0.3 is 0 Å². The molecule has 1 saturated heterocycles. The van der Waals surface area contributed by atoms with Crippen molar-refractivity contribution in [3.8, 4) is 0 Å². The zero-order valence-electron chi connectivity index (χ0n) is 15.6. The number of fused-ring (bicyclic) bond motifs is 1. The number of ether oxygens (including phenoxy) is 1. The van der Waals surface area contributed by atoms with E-state index in [4.69, 9.17) is 9.15 Å². The monoisotopic (exact) mass is 367 g/mol. The zero-order chi connectivity index (χ0) is 18.6. The Labute approximate surface area is 158 Å². The smallest absolute Gasteiger partial charge is 0.268 e. The summed E-state index contributed by atoms with van der Waals surface area (Å²) in [5, 5.41) is 4.00. The molecule has 1 aliphatic heterocycles. The summed E-state index contributed by atoms with van der Waals surface area (Å²) in [4.78, 5) is 15.1. The number of aryl methyl sites for hydroxylation is 1. The number of rotatable bonds is 6. The number of carbonyl (C=O) groups is 1. The van der Waals surface area contributed by atoms with E-state index in [2.05, 4.69) is 29.3 Å². The van der Waals surface area contributed by atoms with Crippen LogP contribution in [0.4, 0.5) is 0 Å². The fourth-order valence-corrected chi connectivity index (χ4v) is 3.52. The van der Waals surface area contributed by atoms with Crippen LogP contribution in [-0.2, 0) is 11.3 Å². The van der Waals surface area contributed by atoms with Gasteiger partial charge in [-0.3, -0.25) is 9.69 Å². The Morgan fingerprint density at radius 2 is 2.00 bits per heavy atom. The predicted octanol–water partition coefficient (Wildman–Crippen LogP) is 2.65. The highest BCUT2D eigenvalue weighted by Gasteiger charge is 2.18. The molecule has 4 rings (SSSR count). The predicted molar refractivity (Wildman–Crippen MR) is 104 cm³/mol. The summed E-state index contributed by atoms with van der Waals surface area (Å²) in [6.45, 7) is 7.53. The van der Waals surface area contributed by atoms with Gasteiger partial charge in [0.05, 0.1) is 26.0 Å². The topological polar surface area (TPSA) is 59.6 Å². The molecule has 1 amide bonds. The molecule has 1 fully saturated rings.